The molecule has 6 nitrogen and oxygen atoms in total. The van der Waals surface area contributed by atoms with Crippen molar-refractivity contribution < 1.29 is 13.5 Å². The van der Waals surface area contributed by atoms with E-state index in [9.17, 15) is 8.42 Å². The second-order valence-electron chi connectivity index (χ2n) is 1.57. The van der Waals surface area contributed by atoms with Crippen LogP contribution >= 0.6 is 0 Å². The first-order valence-electron chi connectivity index (χ1n) is 2.43. The molecule has 0 bridgehead atoms. The van der Waals surface area contributed by atoms with Crippen LogP contribution in [0, 0.1) is 0 Å². The number of nitrogens with two attached hydrogens (primary N) is 2. The Kier molecular flexibility index (Phi) is 3.26. The average molecular weight is 167 g/mol. The molecule has 0 amide bonds. The number of hydrogen-bond acceptors (Lipinski definition) is 3. The van der Waals surface area contributed by atoms with Gasteiger partial charge in [0.2, 0.25) is 0 Å². The first-order valence-corrected chi connectivity index (χ1v) is 3.94. The van der Waals surface area contributed by atoms with E-state index < -0.39 is 10.2 Å². The third-order valence-electron chi connectivity index (χ3n) is 0.612. The number of nitrogens with zero attached hydrogens (tertiary/aromatic N) is 1. The molecule has 0 saturated carbocycles. The zero-order valence-electron chi connectivity index (χ0n) is 5.19. The minimum absolute atomic E-state index is 0.0103. The Morgan fingerprint density at radius 1 is 1.60 bits per heavy atom. The van der Waals surface area contributed by atoms with Crippen molar-refractivity contribution in [3.05, 3.63) is 0 Å². The summed E-state index contributed by atoms with van der Waals surface area (Å²) in [6.07, 6.45) is 0.0103. The van der Waals surface area contributed by atoms with Gasteiger partial charge >= 0.3 is 10.2 Å². The van der Waals surface area contributed by atoms with Crippen LogP contribution in [-0.2, 0) is 10.2 Å². The summed E-state index contributed by atoms with van der Waals surface area (Å²) in [6.45, 7) is -0.245. The summed E-state index contributed by atoms with van der Waals surface area (Å²) in [5.74, 6) is -0.190. The Balaban J connectivity index is 4.18. The van der Waals surface area contributed by atoms with Crippen molar-refractivity contribution in [1.82, 2.24) is 0 Å². The van der Waals surface area contributed by atoms with Gasteiger partial charge in [-0.15, -0.1) is 4.40 Å². The van der Waals surface area contributed by atoms with Crippen LogP contribution < -0.4 is 10.9 Å². The topological polar surface area (TPSA) is 119 Å². The Morgan fingerprint density at radius 2 is 2.10 bits per heavy atom. The predicted molar refractivity (Wildman–Crippen MR) is 36.4 cm³/mol. The summed E-state index contributed by atoms with van der Waals surface area (Å²) in [6, 6.07) is 0. The predicted octanol–water partition coefficient (Wildman–Crippen LogP) is -2.07. The molecule has 0 aliphatic carbocycles. The molecule has 0 saturated heterocycles. The van der Waals surface area contributed by atoms with Crippen molar-refractivity contribution in [2.75, 3.05) is 6.61 Å². The van der Waals surface area contributed by atoms with E-state index in [0.29, 0.717) is 0 Å². The molecule has 0 rings (SSSR count). The fraction of sp³-hybridized carbons (Fsp3) is 0.667. The van der Waals surface area contributed by atoms with Gasteiger partial charge in [0.05, 0.1) is 6.61 Å². The van der Waals surface area contributed by atoms with Gasteiger partial charge in [-0.25, -0.2) is 5.14 Å². The van der Waals surface area contributed by atoms with E-state index in [-0.39, 0.29) is 18.9 Å². The van der Waals surface area contributed by atoms with Gasteiger partial charge in [0.25, 0.3) is 0 Å². The number of hydrogen-bond donors (Lipinski definition) is 3. The Morgan fingerprint density at radius 3 is 2.40 bits per heavy atom. The molecule has 7 heteroatoms. The first-order chi connectivity index (χ1) is 4.45. The number of rotatable bonds is 3. The maximum atomic E-state index is 10.1. The van der Waals surface area contributed by atoms with Crippen LogP contribution in [0.15, 0.2) is 4.40 Å². The molecule has 0 aliphatic heterocycles. The molecule has 0 fully saturated rings. The van der Waals surface area contributed by atoms with Crippen molar-refractivity contribution in [3.8, 4) is 0 Å². The molecule has 0 aromatic heterocycles. The summed E-state index contributed by atoms with van der Waals surface area (Å²) < 4.78 is 23.2. The highest BCUT2D eigenvalue weighted by atomic mass is 32.2. The van der Waals surface area contributed by atoms with Crippen molar-refractivity contribution in [2.24, 2.45) is 15.3 Å². The Bertz CT molecular complexity index is 219. The molecular formula is C3H9N3O3S. The third kappa shape index (κ3) is 5.48. The molecule has 60 valence electrons. The fourth-order valence-electron chi connectivity index (χ4n) is 0.324. The van der Waals surface area contributed by atoms with E-state index in [0.717, 1.165) is 0 Å². The molecule has 5 N–H and O–H groups in total. The monoisotopic (exact) mass is 167 g/mol. The van der Waals surface area contributed by atoms with Crippen LogP contribution in [0.2, 0.25) is 0 Å². The van der Waals surface area contributed by atoms with Gasteiger partial charge in [-0.05, 0) is 0 Å². The van der Waals surface area contributed by atoms with Crippen LogP contribution in [0.25, 0.3) is 0 Å². The maximum absolute atomic E-state index is 10.1. The lowest BCUT2D eigenvalue weighted by molar-refractivity contribution is 0.307. The first kappa shape index (κ1) is 9.34. The highest BCUT2D eigenvalue weighted by molar-refractivity contribution is 7.88. The van der Waals surface area contributed by atoms with Gasteiger partial charge in [0.15, 0.2) is 0 Å². The van der Waals surface area contributed by atoms with E-state index >= 15 is 0 Å². The second kappa shape index (κ2) is 3.49. The lowest BCUT2D eigenvalue weighted by Gasteiger charge is -1.93. The largest absolute Gasteiger partial charge is 0.396 e. The van der Waals surface area contributed by atoms with Crippen LogP contribution in [0.1, 0.15) is 6.42 Å². The summed E-state index contributed by atoms with van der Waals surface area (Å²) in [7, 11) is -3.89. The molecule has 0 unspecified atom stereocenters. The van der Waals surface area contributed by atoms with Crippen molar-refractivity contribution in [3.63, 3.8) is 0 Å². The molecule has 0 aromatic rings. The summed E-state index contributed by atoms with van der Waals surface area (Å²) >= 11 is 0. The number of aliphatic hydroxyl groups is 1. The van der Waals surface area contributed by atoms with Crippen molar-refractivity contribution >= 4 is 16.0 Å². The van der Waals surface area contributed by atoms with Crippen LogP contribution in [0.4, 0.5) is 0 Å². The Hall–Kier alpha value is -0.660. The second-order valence-corrected chi connectivity index (χ2v) is 2.78. The molecule has 0 aromatic carbocycles. The molecular weight excluding hydrogens is 158 g/mol. The van der Waals surface area contributed by atoms with E-state index in [1.165, 1.54) is 0 Å². The zero-order valence-corrected chi connectivity index (χ0v) is 6.00. The molecule has 10 heavy (non-hydrogen) atoms. The third-order valence-corrected chi connectivity index (χ3v) is 1.10. The molecule has 0 spiro atoms. The quantitative estimate of drug-likeness (QED) is 0.330. The minimum atomic E-state index is -3.89. The van der Waals surface area contributed by atoms with Gasteiger partial charge < -0.3 is 10.8 Å². The van der Waals surface area contributed by atoms with Gasteiger partial charge in [-0.1, -0.05) is 0 Å². The summed E-state index contributed by atoms with van der Waals surface area (Å²) in [5, 5.41) is 12.7. The normalized spacial score (nSPS) is 13.6. The molecule has 0 aliphatic rings. The standard InChI is InChI=1S/C3H9N3O3S/c4-3(1-2-7)6-10(5,8)9/h7H,1-2H2,(H2,4,6)(H2,5,8,9). The van der Waals surface area contributed by atoms with Crippen molar-refractivity contribution in [2.45, 2.75) is 6.42 Å². The SMILES string of the molecule is NC(CCO)=NS(N)(=O)=O. The minimum Gasteiger partial charge on any atom is -0.396 e. The van der Waals surface area contributed by atoms with Crippen molar-refractivity contribution in [1.29, 1.82) is 0 Å². The number of aliphatic hydroxyl groups excluding tert-OH is 1. The summed E-state index contributed by atoms with van der Waals surface area (Å²) in [5.41, 5.74) is 5.00. The van der Waals surface area contributed by atoms with Crippen LogP contribution in [-0.4, -0.2) is 26.0 Å². The van der Waals surface area contributed by atoms with Crippen LogP contribution in [0.5, 0.6) is 0 Å². The lowest BCUT2D eigenvalue weighted by Crippen LogP contribution is -2.19. The van der Waals surface area contributed by atoms with E-state index in [1.54, 1.807) is 0 Å². The van der Waals surface area contributed by atoms with Gasteiger partial charge in [-0.3, -0.25) is 0 Å². The molecule has 0 atom stereocenters. The zero-order chi connectivity index (χ0) is 8.20. The van der Waals surface area contributed by atoms with Crippen LogP contribution in [0.3, 0.4) is 0 Å². The van der Waals surface area contributed by atoms with Gasteiger partial charge in [0, 0.05) is 6.42 Å². The maximum Gasteiger partial charge on any atom is 0.318 e. The molecule has 0 heterocycles. The highest BCUT2D eigenvalue weighted by Gasteiger charge is 1.98. The summed E-state index contributed by atoms with van der Waals surface area (Å²) in [4.78, 5) is 0. The number of amidine groups is 1. The molecule has 0 radical (unpaired) electrons. The Labute approximate surface area is 58.7 Å². The van der Waals surface area contributed by atoms with E-state index in [2.05, 4.69) is 9.54 Å². The van der Waals surface area contributed by atoms with Gasteiger partial charge in [-0.2, -0.15) is 8.42 Å². The fourth-order valence-corrected chi connectivity index (χ4v) is 0.742. The highest BCUT2D eigenvalue weighted by Crippen LogP contribution is 1.83. The van der Waals surface area contributed by atoms with Gasteiger partial charge in [0.1, 0.15) is 5.84 Å². The lowest BCUT2D eigenvalue weighted by atomic mass is 10.4. The average Bonchev–Trinajstić information content (AvgIpc) is 1.59. The smallest absolute Gasteiger partial charge is 0.318 e. The van der Waals surface area contributed by atoms with E-state index in [1.807, 2.05) is 0 Å². The van der Waals surface area contributed by atoms with E-state index in [4.69, 9.17) is 10.8 Å².